The molecular weight excluding hydrogens is 202 g/mol. The summed E-state index contributed by atoms with van der Waals surface area (Å²) < 4.78 is 1.99. The van der Waals surface area contributed by atoms with Crippen molar-refractivity contribution in [3.8, 4) is 0 Å². The molecule has 0 radical (unpaired) electrons. The summed E-state index contributed by atoms with van der Waals surface area (Å²) in [6.45, 7) is 8.48. The summed E-state index contributed by atoms with van der Waals surface area (Å²) in [5.41, 5.74) is 2.87. The van der Waals surface area contributed by atoms with E-state index in [0.29, 0.717) is 12.1 Å². The van der Waals surface area contributed by atoms with Gasteiger partial charge in [-0.1, -0.05) is 13.0 Å². The van der Waals surface area contributed by atoms with Crippen LogP contribution in [0.2, 0.25) is 0 Å². The molecule has 0 aliphatic rings. The lowest BCUT2D eigenvalue weighted by atomic mass is 10.1. The second-order valence-corrected chi connectivity index (χ2v) is 3.78. The molecule has 0 saturated heterocycles. The van der Waals surface area contributed by atoms with Crippen LogP contribution >= 0.6 is 0 Å². The van der Waals surface area contributed by atoms with Crippen LogP contribution in [0.3, 0.4) is 0 Å². The molecule has 2 heterocycles. The van der Waals surface area contributed by atoms with E-state index in [2.05, 4.69) is 23.7 Å². The van der Waals surface area contributed by atoms with Crippen molar-refractivity contribution in [2.75, 3.05) is 0 Å². The second-order valence-electron chi connectivity index (χ2n) is 3.78. The lowest BCUT2D eigenvalue weighted by Gasteiger charge is -2.03. The van der Waals surface area contributed by atoms with Gasteiger partial charge in [0.15, 0.2) is 0 Å². The van der Waals surface area contributed by atoms with Gasteiger partial charge in [0.1, 0.15) is 5.52 Å². The Hall–Kier alpha value is -1.84. The van der Waals surface area contributed by atoms with Crippen molar-refractivity contribution >= 4 is 10.9 Å². The first-order valence-corrected chi connectivity index (χ1v) is 5.37. The Kier molecular flexibility index (Phi) is 2.64. The Morgan fingerprint density at radius 2 is 2.38 bits per heavy atom. The van der Waals surface area contributed by atoms with E-state index in [0.717, 1.165) is 17.5 Å². The van der Waals surface area contributed by atoms with Crippen LogP contribution in [0, 0.1) is 6.92 Å². The zero-order valence-electron chi connectivity index (χ0n) is 9.58. The van der Waals surface area contributed by atoms with Gasteiger partial charge in [0, 0.05) is 17.6 Å². The molecule has 0 fully saturated rings. The molecule has 0 spiro atoms. The monoisotopic (exact) mass is 217 g/mol. The molecule has 2 rings (SSSR count). The van der Waals surface area contributed by atoms with Crippen molar-refractivity contribution in [2.24, 2.45) is 0 Å². The molecule has 2 aromatic rings. The number of allylic oxidation sites excluding steroid dienone is 1. The number of H-pyrrole nitrogens is 1. The quantitative estimate of drug-likeness (QED) is 0.797. The van der Waals surface area contributed by atoms with Gasteiger partial charge in [0.25, 0.3) is 5.56 Å². The SMILES string of the molecule is C=CCn1c(C)c(CC)c2cn[nH]c(=O)c21. The molecule has 0 aromatic carbocycles. The molecule has 84 valence electrons. The number of aromatic nitrogens is 3. The molecule has 0 bridgehead atoms. The van der Waals surface area contributed by atoms with Crippen LogP contribution in [-0.4, -0.2) is 14.8 Å². The van der Waals surface area contributed by atoms with Gasteiger partial charge in [-0.2, -0.15) is 5.10 Å². The Labute approximate surface area is 93.6 Å². The molecule has 0 aliphatic carbocycles. The second kappa shape index (κ2) is 3.96. The lowest BCUT2D eigenvalue weighted by molar-refractivity contribution is 0.811. The number of rotatable bonds is 3. The number of aryl methyl sites for hydroxylation is 1. The third kappa shape index (κ3) is 1.38. The number of hydrogen-bond acceptors (Lipinski definition) is 2. The highest BCUT2D eigenvalue weighted by Gasteiger charge is 2.14. The maximum atomic E-state index is 11.8. The topological polar surface area (TPSA) is 50.7 Å². The predicted molar refractivity (Wildman–Crippen MR) is 64.7 cm³/mol. The Balaban J connectivity index is 2.92. The van der Waals surface area contributed by atoms with Crippen molar-refractivity contribution in [3.63, 3.8) is 0 Å². The van der Waals surface area contributed by atoms with Crippen LogP contribution < -0.4 is 5.56 Å². The van der Waals surface area contributed by atoms with Crippen molar-refractivity contribution < 1.29 is 0 Å². The van der Waals surface area contributed by atoms with E-state index < -0.39 is 0 Å². The van der Waals surface area contributed by atoms with Gasteiger partial charge < -0.3 is 4.57 Å². The van der Waals surface area contributed by atoms with Crippen LogP contribution in [-0.2, 0) is 13.0 Å². The molecular formula is C12H15N3O. The van der Waals surface area contributed by atoms with Crippen LogP contribution in [0.25, 0.3) is 10.9 Å². The largest absolute Gasteiger partial charge is 0.336 e. The molecule has 0 amide bonds. The van der Waals surface area contributed by atoms with E-state index >= 15 is 0 Å². The van der Waals surface area contributed by atoms with Crippen LogP contribution in [0.15, 0.2) is 23.6 Å². The van der Waals surface area contributed by atoms with E-state index in [1.54, 1.807) is 12.3 Å². The van der Waals surface area contributed by atoms with Crippen molar-refractivity contribution in [1.29, 1.82) is 0 Å². The fraction of sp³-hybridized carbons (Fsp3) is 0.333. The van der Waals surface area contributed by atoms with E-state index in [-0.39, 0.29) is 5.56 Å². The van der Waals surface area contributed by atoms with Gasteiger partial charge in [-0.25, -0.2) is 5.10 Å². The fourth-order valence-corrected chi connectivity index (χ4v) is 2.21. The molecule has 4 heteroatoms. The minimum absolute atomic E-state index is 0.137. The molecule has 0 aliphatic heterocycles. The van der Waals surface area contributed by atoms with Crippen molar-refractivity contribution in [3.05, 3.63) is 40.5 Å². The smallest absolute Gasteiger partial charge is 0.288 e. The molecule has 0 saturated carbocycles. The van der Waals surface area contributed by atoms with Crippen molar-refractivity contribution in [1.82, 2.24) is 14.8 Å². The number of nitrogens with zero attached hydrogens (tertiary/aromatic N) is 2. The molecule has 0 unspecified atom stereocenters. The minimum Gasteiger partial charge on any atom is -0.336 e. The van der Waals surface area contributed by atoms with Crippen molar-refractivity contribution in [2.45, 2.75) is 26.8 Å². The van der Waals surface area contributed by atoms with Crippen LogP contribution in [0.1, 0.15) is 18.2 Å². The van der Waals surface area contributed by atoms with Gasteiger partial charge in [-0.3, -0.25) is 4.79 Å². The standard InChI is InChI=1S/C12H15N3O/c1-4-6-15-8(3)9(5-2)10-7-13-14-12(16)11(10)15/h4,7H,1,5-6H2,2-3H3,(H,14,16). The molecule has 4 nitrogen and oxygen atoms in total. The first kappa shape index (κ1) is 10.7. The zero-order chi connectivity index (χ0) is 11.7. The first-order chi connectivity index (χ1) is 7.70. The average Bonchev–Trinajstić information content (AvgIpc) is 2.54. The van der Waals surface area contributed by atoms with Gasteiger partial charge in [-0.15, -0.1) is 6.58 Å². The number of fused-ring (bicyclic) bond motifs is 1. The summed E-state index contributed by atoms with van der Waals surface area (Å²) in [7, 11) is 0. The molecule has 1 N–H and O–H groups in total. The summed E-state index contributed by atoms with van der Waals surface area (Å²) in [5, 5.41) is 7.29. The Bertz CT molecular complexity index is 592. The highest BCUT2D eigenvalue weighted by Crippen LogP contribution is 2.22. The normalized spacial score (nSPS) is 10.9. The lowest BCUT2D eigenvalue weighted by Crippen LogP contribution is -2.12. The van der Waals surface area contributed by atoms with E-state index in [1.807, 2.05) is 11.5 Å². The highest BCUT2D eigenvalue weighted by molar-refractivity contribution is 5.83. The van der Waals surface area contributed by atoms with E-state index in [9.17, 15) is 4.79 Å². The predicted octanol–water partition coefficient (Wildman–Crippen LogP) is 1.78. The van der Waals surface area contributed by atoms with Gasteiger partial charge >= 0.3 is 0 Å². The summed E-state index contributed by atoms with van der Waals surface area (Å²) in [6, 6.07) is 0. The maximum Gasteiger partial charge on any atom is 0.288 e. The van der Waals surface area contributed by atoms with Gasteiger partial charge in [0.2, 0.25) is 0 Å². The number of nitrogens with one attached hydrogen (secondary N) is 1. The van der Waals surface area contributed by atoms with Crippen LogP contribution in [0.4, 0.5) is 0 Å². The third-order valence-corrected chi connectivity index (χ3v) is 2.93. The van der Waals surface area contributed by atoms with Gasteiger partial charge in [-0.05, 0) is 18.9 Å². The third-order valence-electron chi connectivity index (χ3n) is 2.93. The van der Waals surface area contributed by atoms with E-state index in [4.69, 9.17) is 0 Å². The number of aromatic amines is 1. The molecule has 16 heavy (non-hydrogen) atoms. The summed E-state index contributed by atoms with van der Waals surface area (Å²) in [5.74, 6) is 0. The summed E-state index contributed by atoms with van der Waals surface area (Å²) in [4.78, 5) is 11.8. The van der Waals surface area contributed by atoms with Crippen LogP contribution in [0.5, 0.6) is 0 Å². The van der Waals surface area contributed by atoms with Gasteiger partial charge in [0.05, 0.1) is 6.20 Å². The average molecular weight is 217 g/mol. The summed E-state index contributed by atoms with van der Waals surface area (Å²) in [6.07, 6.45) is 4.42. The Morgan fingerprint density at radius 3 is 3.00 bits per heavy atom. The van der Waals surface area contributed by atoms with E-state index in [1.165, 1.54) is 5.56 Å². The maximum absolute atomic E-state index is 11.8. The Morgan fingerprint density at radius 1 is 1.62 bits per heavy atom. The first-order valence-electron chi connectivity index (χ1n) is 5.37. The fourth-order valence-electron chi connectivity index (χ4n) is 2.21. The zero-order valence-corrected chi connectivity index (χ0v) is 9.58. The minimum atomic E-state index is -0.137. The highest BCUT2D eigenvalue weighted by atomic mass is 16.1. The molecule has 0 atom stereocenters. The molecule has 2 aromatic heterocycles. The number of hydrogen-bond donors (Lipinski definition) is 1. The summed E-state index contributed by atoms with van der Waals surface area (Å²) >= 11 is 0.